The molecule has 0 saturated carbocycles. The summed E-state index contributed by atoms with van der Waals surface area (Å²) in [4.78, 5) is 9.83. The molecule has 20 heavy (non-hydrogen) atoms. The third-order valence-corrected chi connectivity index (χ3v) is 4.01. The number of benzene rings is 1. The average Bonchev–Trinajstić information content (AvgIpc) is 2.26. The Morgan fingerprint density at radius 1 is 1.30 bits per heavy atom. The maximum absolute atomic E-state index is 13.5. The fourth-order valence-electron chi connectivity index (χ4n) is 1.66. The maximum Gasteiger partial charge on any atom is 0.321 e. The molecule has 0 amide bonds. The highest BCUT2D eigenvalue weighted by Gasteiger charge is 2.30. The Balaban J connectivity index is 3.13. The Morgan fingerprint density at radius 3 is 2.20 bits per heavy atom. The van der Waals surface area contributed by atoms with Gasteiger partial charge >= 0.3 is 5.97 Å². The predicted molar refractivity (Wildman–Crippen MR) is 67.6 cm³/mol. The first-order valence-electron chi connectivity index (χ1n) is 5.84. The van der Waals surface area contributed by atoms with Crippen LogP contribution in [0.25, 0.3) is 0 Å². The largest absolute Gasteiger partial charge is 0.480 e. The number of sulfonamides is 1. The molecule has 1 atom stereocenters. The van der Waals surface area contributed by atoms with Gasteiger partial charge < -0.3 is 5.11 Å². The standard InChI is InChI=1S/C12H15F2NO4S/c1-7(2)6-10(12(16)17)15-20(18,19)11-8(13)4-3-5-9(11)14/h3-5,7,10,15H,6H2,1-2H3,(H,16,17)/t10-/m0/s1. The first-order chi connectivity index (χ1) is 9.15. The topological polar surface area (TPSA) is 83.5 Å². The van der Waals surface area contributed by atoms with Gasteiger partial charge in [0.05, 0.1) is 0 Å². The van der Waals surface area contributed by atoms with Crippen molar-refractivity contribution in [3.8, 4) is 0 Å². The van der Waals surface area contributed by atoms with E-state index in [1.165, 1.54) is 0 Å². The Bertz CT molecular complexity index is 581. The van der Waals surface area contributed by atoms with Gasteiger partial charge in [-0.2, -0.15) is 4.72 Å². The summed E-state index contributed by atoms with van der Waals surface area (Å²) in [5.41, 5.74) is 0. The Kier molecular flexibility index (Phi) is 5.18. The van der Waals surface area contributed by atoms with E-state index in [0.717, 1.165) is 18.2 Å². The summed E-state index contributed by atoms with van der Waals surface area (Å²) in [5.74, 6) is -4.05. The van der Waals surface area contributed by atoms with E-state index in [1.54, 1.807) is 13.8 Å². The van der Waals surface area contributed by atoms with Crippen molar-refractivity contribution in [2.24, 2.45) is 5.92 Å². The lowest BCUT2D eigenvalue weighted by Gasteiger charge is -2.17. The zero-order chi connectivity index (χ0) is 15.5. The van der Waals surface area contributed by atoms with Gasteiger partial charge in [0.15, 0.2) is 4.90 Å². The summed E-state index contributed by atoms with van der Waals surface area (Å²) < 4.78 is 52.6. The predicted octanol–water partition coefficient (Wildman–Crippen LogP) is 1.74. The fraction of sp³-hybridized carbons (Fsp3) is 0.417. The number of rotatable bonds is 6. The van der Waals surface area contributed by atoms with E-state index >= 15 is 0 Å². The summed E-state index contributed by atoms with van der Waals surface area (Å²) in [5, 5.41) is 8.96. The summed E-state index contributed by atoms with van der Waals surface area (Å²) in [6, 6.07) is 1.15. The van der Waals surface area contributed by atoms with Crippen LogP contribution in [0.1, 0.15) is 20.3 Å². The van der Waals surface area contributed by atoms with Crippen LogP contribution in [-0.2, 0) is 14.8 Å². The zero-order valence-corrected chi connectivity index (χ0v) is 11.7. The number of aliphatic carboxylic acids is 1. The Hall–Kier alpha value is -1.54. The van der Waals surface area contributed by atoms with Crippen LogP contribution in [-0.4, -0.2) is 25.5 Å². The molecule has 0 aliphatic carbocycles. The number of hydrogen-bond donors (Lipinski definition) is 2. The normalized spacial score (nSPS) is 13.4. The second-order valence-corrected chi connectivity index (χ2v) is 6.34. The van der Waals surface area contributed by atoms with Crippen LogP contribution in [0.2, 0.25) is 0 Å². The highest BCUT2D eigenvalue weighted by Crippen LogP contribution is 2.19. The molecule has 1 aromatic rings. The van der Waals surface area contributed by atoms with Crippen molar-refractivity contribution in [2.75, 3.05) is 0 Å². The van der Waals surface area contributed by atoms with Crippen LogP contribution in [0, 0.1) is 17.6 Å². The van der Waals surface area contributed by atoms with Gasteiger partial charge in [-0.25, -0.2) is 17.2 Å². The Labute approximate surface area is 115 Å². The number of hydrogen-bond acceptors (Lipinski definition) is 3. The Morgan fingerprint density at radius 2 is 1.80 bits per heavy atom. The van der Waals surface area contributed by atoms with E-state index in [4.69, 9.17) is 5.11 Å². The van der Waals surface area contributed by atoms with Crippen LogP contribution in [0.5, 0.6) is 0 Å². The molecule has 0 spiro atoms. The van der Waals surface area contributed by atoms with Gasteiger partial charge in [0, 0.05) is 0 Å². The van der Waals surface area contributed by atoms with E-state index < -0.39 is 38.6 Å². The quantitative estimate of drug-likeness (QED) is 0.838. The fourth-order valence-corrected chi connectivity index (χ4v) is 3.00. The van der Waals surface area contributed by atoms with Gasteiger partial charge in [0.1, 0.15) is 17.7 Å². The lowest BCUT2D eigenvalue weighted by atomic mass is 10.1. The van der Waals surface area contributed by atoms with Gasteiger partial charge in [-0.05, 0) is 24.5 Å². The minimum absolute atomic E-state index is 0.00460. The molecule has 0 unspecified atom stereocenters. The molecule has 1 aromatic carbocycles. The third kappa shape index (κ3) is 3.97. The van der Waals surface area contributed by atoms with E-state index in [9.17, 15) is 22.0 Å². The number of carbonyl (C=O) groups is 1. The molecule has 8 heteroatoms. The monoisotopic (exact) mass is 307 g/mol. The van der Waals surface area contributed by atoms with Crippen LogP contribution in [0.3, 0.4) is 0 Å². The minimum Gasteiger partial charge on any atom is -0.480 e. The summed E-state index contributed by atoms with van der Waals surface area (Å²) in [6.45, 7) is 3.40. The van der Waals surface area contributed by atoms with Crippen molar-refractivity contribution in [3.05, 3.63) is 29.8 Å². The van der Waals surface area contributed by atoms with Gasteiger partial charge in [-0.15, -0.1) is 0 Å². The molecule has 0 saturated heterocycles. The molecule has 0 fully saturated rings. The summed E-state index contributed by atoms with van der Waals surface area (Å²) in [7, 11) is -4.59. The molecule has 0 aliphatic heterocycles. The van der Waals surface area contributed by atoms with Crippen LogP contribution >= 0.6 is 0 Å². The second kappa shape index (κ2) is 6.27. The van der Waals surface area contributed by atoms with E-state index in [2.05, 4.69) is 0 Å². The van der Waals surface area contributed by atoms with E-state index in [-0.39, 0.29) is 12.3 Å². The number of carboxylic acid groups (broad SMARTS) is 1. The van der Waals surface area contributed by atoms with Gasteiger partial charge in [0.25, 0.3) is 0 Å². The van der Waals surface area contributed by atoms with Crippen molar-refractivity contribution in [1.29, 1.82) is 0 Å². The molecule has 0 heterocycles. The smallest absolute Gasteiger partial charge is 0.321 e. The molecular formula is C12H15F2NO4S. The molecule has 0 aliphatic rings. The lowest BCUT2D eigenvalue weighted by Crippen LogP contribution is -2.42. The lowest BCUT2D eigenvalue weighted by molar-refractivity contribution is -0.139. The molecule has 0 bridgehead atoms. The van der Waals surface area contributed by atoms with Crippen LogP contribution in [0.4, 0.5) is 8.78 Å². The first kappa shape index (κ1) is 16.5. The minimum atomic E-state index is -4.59. The average molecular weight is 307 g/mol. The van der Waals surface area contributed by atoms with Gasteiger partial charge in [0.2, 0.25) is 10.0 Å². The van der Waals surface area contributed by atoms with Crippen LogP contribution in [0.15, 0.2) is 23.1 Å². The molecule has 1 rings (SSSR count). The highest BCUT2D eigenvalue weighted by atomic mass is 32.2. The van der Waals surface area contributed by atoms with Gasteiger partial charge in [-0.1, -0.05) is 19.9 Å². The zero-order valence-electron chi connectivity index (χ0n) is 10.9. The number of carboxylic acids is 1. The number of nitrogens with one attached hydrogen (secondary N) is 1. The number of halogens is 2. The second-order valence-electron chi connectivity index (χ2n) is 4.69. The van der Waals surface area contributed by atoms with Crippen molar-refractivity contribution >= 4 is 16.0 Å². The van der Waals surface area contributed by atoms with Gasteiger partial charge in [-0.3, -0.25) is 4.79 Å². The summed E-state index contributed by atoms with van der Waals surface area (Å²) in [6.07, 6.45) is 0.00460. The SMILES string of the molecule is CC(C)C[C@H](NS(=O)(=O)c1c(F)cccc1F)C(=O)O. The van der Waals surface area contributed by atoms with E-state index in [0.29, 0.717) is 0 Å². The van der Waals surface area contributed by atoms with Crippen LogP contribution < -0.4 is 4.72 Å². The molecule has 5 nitrogen and oxygen atoms in total. The molecule has 0 radical (unpaired) electrons. The highest BCUT2D eigenvalue weighted by molar-refractivity contribution is 7.89. The molecule has 0 aromatic heterocycles. The molecule has 2 N–H and O–H groups in total. The molecular weight excluding hydrogens is 292 g/mol. The third-order valence-electron chi connectivity index (χ3n) is 2.49. The van der Waals surface area contributed by atoms with Crippen molar-refractivity contribution < 1.29 is 27.1 Å². The maximum atomic E-state index is 13.5. The van der Waals surface area contributed by atoms with Crippen molar-refractivity contribution in [1.82, 2.24) is 4.72 Å². The first-order valence-corrected chi connectivity index (χ1v) is 7.32. The van der Waals surface area contributed by atoms with Crippen molar-refractivity contribution in [2.45, 2.75) is 31.2 Å². The summed E-state index contributed by atoms with van der Waals surface area (Å²) >= 11 is 0. The van der Waals surface area contributed by atoms with Crippen molar-refractivity contribution in [3.63, 3.8) is 0 Å². The van der Waals surface area contributed by atoms with E-state index in [1.807, 2.05) is 4.72 Å². The molecule has 112 valence electrons.